The maximum absolute atomic E-state index is 13.4. The molecule has 0 bridgehead atoms. The second kappa shape index (κ2) is 5.35. The molecule has 0 amide bonds. The monoisotopic (exact) mass is 266 g/mol. The number of rotatable bonds is 2. The van der Waals surface area contributed by atoms with Gasteiger partial charge < -0.3 is 19.3 Å². The third kappa shape index (κ3) is 2.67. The van der Waals surface area contributed by atoms with Gasteiger partial charge in [-0.3, -0.25) is 0 Å². The smallest absolute Gasteiger partial charge is 0.125 e. The first kappa shape index (κ1) is 12.7. The normalized spacial score (nSPS) is 23.4. The Morgan fingerprint density at radius 3 is 2.95 bits per heavy atom. The molecular formula is C14H19FN2O2. The highest BCUT2D eigenvalue weighted by molar-refractivity contribution is 5.73. The van der Waals surface area contributed by atoms with E-state index in [1.54, 1.807) is 6.07 Å². The maximum atomic E-state index is 13.4. The minimum Gasteiger partial charge on any atom is -0.376 e. The van der Waals surface area contributed by atoms with Gasteiger partial charge in [0.25, 0.3) is 0 Å². The molecule has 0 saturated carbocycles. The van der Waals surface area contributed by atoms with E-state index in [1.807, 2.05) is 13.1 Å². The number of nitrogens with zero attached hydrogens (tertiary/aromatic N) is 2. The Morgan fingerprint density at radius 1 is 1.26 bits per heavy atom. The summed E-state index contributed by atoms with van der Waals surface area (Å²) in [6.45, 7) is 4.60. The van der Waals surface area contributed by atoms with E-state index in [0.717, 1.165) is 31.0 Å². The van der Waals surface area contributed by atoms with Crippen LogP contribution in [-0.2, 0) is 9.47 Å². The Kier molecular flexibility index (Phi) is 3.57. The molecule has 1 aromatic carbocycles. The standard InChI is InChI=1S/C14H19FN2O2/c1-16-4-5-17(9-12-10-18-6-7-19-12)13-3-2-11(15)8-14(13)16/h2-3,8,12H,4-7,9-10H2,1H3. The fraction of sp³-hybridized carbons (Fsp3) is 0.571. The highest BCUT2D eigenvalue weighted by atomic mass is 19.1. The number of fused-ring (bicyclic) bond motifs is 1. The molecule has 5 heteroatoms. The topological polar surface area (TPSA) is 24.9 Å². The van der Waals surface area contributed by atoms with Gasteiger partial charge in [-0.15, -0.1) is 0 Å². The van der Waals surface area contributed by atoms with Crippen molar-refractivity contribution in [2.75, 3.05) is 56.3 Å². The van der Waals surface area contributed by atoms with Crippen LogP contribution in [-0.4, -0.2) is 52.6 Å². The number of benzene rings is 1. The van der Waals surface area contributed by atoms with E-state index in [-0.39, 0.29) is 11.9 Å². The molecule has 0 aliphatic carbocycles. The largest absolute Gasteiger partial charge is 0.376 e. The van der Waals surface area contributed by atoms with E-state index in [4.69, 9.17) is 9.47 Å². The molecule has 2 aliphatic rings. The van der Waals surface area contributed by atoms with Crippen molar-refractivity contribution in [2.45, 2.75) is 6.10 Å². The van der Waals surface area contributed by atoms with Crippen molar-refractivity contribution in [2.24, 2.45) is 0 Å². The van der Waals surface area contributed by atoms with Crippen LogP contribution in [0.5, 0.6) is 0 Å². The van der Waals surface area contributed by atoms with Crippen molar-refractivity contribution in [1.82, 2.24) is 0 Å². The molecular weight excluding hydrogens is 247 g/mol. The third-order valence-electron chi connectivity index (χ3n) is 3.70. The van der Waals surface area contributed by atoms with E-state index in [9.17, 15) is 4.39 Å². The average molecular weight is 266 g/mol. The zero-order chi connectivity index (χ0) is 13.2. The molecule has 19 heavy (non-hydrogen) atoms. The number of hydrogen-bond acceptors (Lipinski definition) is 4. The first-order valence-corrected chi connectivity index (χ1v) is 6.69. The molecule has 2 aliphatic heterocycles. The molecule has 0 aromatic heterocycles. The van der Waals surface area contributed by atoms with E-state index in [2.05, 4.69) is 9.80 Å². The lowest BCUT2D eigenvalue weighted by Crippen LogP contribution is -2.45. The predicted molar refractivity (Wildman–Crippen MR) is 72.4 cm³/mol. The zero-order valence-electron chi connectivity index (χ0n) is 11.1. The number of halogens is 1. The van der Waals surface area contributed by atoms with Gasteiger partial charge in [-0.1, -0.05) is 0 Å². The Bertz CT molecular complexity index is 449. The van der Waals surface area contributed by atoms with Crippen LogP contribution in [0.2, 0.25) is 0 Å². The second-order valence-electron chi connectivity index (χ2n) is 5.07. The minimum atomic E-state index is -0.190. The fourth-order valence-corrected chi connectivity index (χ4v) is 2.66. The van der Waals surface area contributed by atoms with Gasteiger partial charge in [0.15, 0.2) is 0 Å². The van der Waals surface area contributed by atoms with Crippen LogP contribution >= 0.6 is 0 Å². The van der Waals surface area contributed by atoms with Gasteiger partial charge in [0, 0.05) is 26.7 Å². The first-order chi connectivity index (χ1) is 9.24. The number of anilines is 2. The summed E-state index contributed by atoms with van der Waals surface area (Å²) in [6.07, 6.45) is 0.107. The SMILES string of the molecule is CN1CCN(CC2COCCO2)c2ccc(F)cc21. The summed E-state index contributed by atoms with van der Waals surface area (Å²) in [5, 5.41) is 0. The van der Waals surface area contributed by atoms with Crippen LogP contribution in [0.4, 0.5) is 15.8 Å². The summed E-state index contributed by atoms with van der Waals surface area (Å²) >= 11 is 0. The van der Waals surface area contributed by atoms with Crippen molar-refractivity contribution >= 4 is 11.4 Å². The van der Waals surface area contributed by atoms with Crippen LogP contribution in [0.15, 0.2) is 18.2 Å². The van der Waals surface area contributed by atoms with Crippen LogP contribution in [0.3, 0.4) is 0 Å². The molecule has 0 spiro atoms. The molecule has 4 nitrogen and oxygen atoms in total. The van der Waals surface area contributed by atoms with Gasteiger partial charge >= 0.3 is 0 Å². The highest BCUT2D eigenvalue weighted by Gasteiger charge is 2.24. The van der Waals surface area contributed by atoms with Crippen LogP contribution < -0.4 is 9.80 Å². The summed E-state index contributed by atoms with van der Waals surface area (Å²) in [6, 6.07) is 4.97. The molecule has 0 radical (unpaired) electrons. The Balaban J connectivity index is 1.78. The maximum Gasteiger partial charge on any atom is 0.125 e. The zero-order valence-corrected chi connectivity index (χ0v) is 11.1. The summed E-state index contributed by atoms with van der Waals surface area (Å²) in [4.78, 5) is 4.35. The quantitative estimate of drug-likeness (QED) is 0.810. The lowest BCUT2D eigenvalue weighted by atomic mass is 10.1. The molecule has 104 valence electrons. The number of likely N-dealkylation sites (N-methyl/N-ethyl adjacent to an activating group) is 1. The lowest BCUT2D eigenvalue weighted by molar-refractivity contribution is -0.0840. The van der Waals surface area contributed by atoms with E-state index < -0.39 is 0 Å². The Morgan fingerprint density at radius 2 is 2.16 bits per heavy atom. The molecule has 3 rings (SSSR count). The lowest BCUT2D eigenvalue weighted by Gasteiger charge is -2.39. The van der Waals surface area contributed by atoms with Gasteiger partial charge in [-0.2, -0.15) is 0 Å². The van der Waals surface area contributed by atoms with Crippen molar-refractivity contribution in [1.29, 1.82) is 0 Å². The van der Waals surface area contributed by atoms with Crippen LogP contribution in [0, 0.1) is 5.82 Å². The number of hydrogen-bond donors (Lipinski definition) is 0. The summed E-state index contributed by atoms with van der Waals surface area (Å²) in [5.41, 5.74) is 2.02. The van der Waals surface area contributed by atoms with Crippen molar-refractivity contribution in [3.63, 3.8) is 0 Å². The number of ether oxygens (including phenoxy) is 2. The molecule has 1 saturated heterocycles. The van der Waals surface area contributed by atoms with Crippen LogP contribution in [0.25, 0.3) is 0 Å². The molecule has 1 fully saturated rings. The summed E-state index contributed by atoms with van der Waals surface area (Å²) < 4.78 is 24.5. The van der Waals surface area contributed by atoms with Crippen molar-refractivity contribution in [3.05, 3.63) is 24.0 Å². The van der Waals surface area contributed by atoms with Crippen molar-refractivity contribution < 1.29 is 13.9 Å². The van der Waals surface area contributed by atoms with E-state index in [0.29, 0.717) is 19.8 Å². The first-order valence-electron chi connectivity index (χ1n) is 6.69. The Labute approximate surface area is 112 Å². The minimum absolute atomic E-state index is 0.107. The molecule has 1 unspecified atom stereocenters. The van der Waals surface area contributed by atoms with Gasteiger partial charge in [0.05, 0.1) is 37.3 Å². The second-order valence-corrected chi connectivity index (χ2v) is 5.07. The predicted octanol–water partition coefficient (Wildman–Crippen LogP) is 1.50. The molecule has 2 heterocycles. The average Bonchev–Trinajstić information content (AvgIpc) is 2.43. The molecule has 1 atom stereocenters. The fourth-order valence-electron chi connectivity index (χ4n) is 2.66. The van der Waals surface area contributed by atoms with Crippen LogP contribution in [0.1, 0.15) is 0 Å². The van der Waals surface area contributed by atoms with E-state index in [1.165, 1.54) is 6.07 Å². The summed E-state index contributed by atoms with van der Waals surface area (Å²) in [5.74, 6) is -0.190. The van der Waals surface area contributed by atoms with Gasteiger partial charge in [-0.25, -0.2) is 4.39 Å². The summed E-state index contributed by atoms with van der Waals surface area (Å²) in [7, 11) is 2.00. The van der Waals surface area contributed by atoms with Crippen molar-refractivity contribution in [3.8, 4) is 0 Å². The molecule has 1 aromatic rings. The highest BCUT2D eigenvalue weighted by Crippen LogP contribution is 2.33. The Hall–Kier alpha value is -1.33. The van der Waals surface area contributed by atoms with E-state index >= 15 is 0 Å². The van der Waals surface area contributed by atoms with Gasteiger partial charge in [-0.05, 0) is 18.2 Å². The van der Waals surface area contributed by atoms with Gasteiger partial charge in [0.2, 0.25) is 0 Å². The molecule has 0 N–H and O–H groups in total. The third-order valence-corrected chi connectivity index (χ3v) is 3.70. The van der Waals surface area contributed by atoms with Gasteiger partial charge in [0.1, 0.15) is 5.82 Å².